The maximum Gasteiger partial charge on any atom is 0.291 e. The number of hydrogen-bond acceptors (Lipinski definition) is 4. The van der Waals surface area contributed by atoms with E-state index in [1.54, 1.807) is 35.2 Å². The second-order valence-electron chi connectivity index (χ2n) is 7.36. The molecule has 5 rings (SSSR count). The minimum Gasteiger partial charge on any atom is -0.450 e. The summed E-state index contributed by atoms with van der Waals surface area (Å²) in [6, 6.07) is 11.5. The number of benzene rings is 2. The largest absolute Gasteiger partial charge is 0.450 e. The number of halogens is 2. The maximum absolute atomic E-state index is 13.4. The van der Waals surface area contributed by atoms with E-state index < -0.39 is 6.04 Å². The summed E-state index contributed by atoms with van der Waals surface area (Å²) in [6.45, 7) is 1.07. The molecule has 0 spiro atoms. The molecule has 2 aromatic carbocycles. The van der Waals surface area contributed by atoms with Gasteiger partial charge in [-0.25, -0.2) is 0 Å². The van der Waals surface area contributed by atoms with Crippen LogP contribution in [0.5, 0.6) is 0 Å². The molecule has 0 aliphatic carbocycles. The summed E-state index contributed by atoms with van der Waals surface area (Å²) >= 11 is 12.3. The van der Waals surface area contributed by atoms with Crippen LogP contribution in [0.15, 0.2) is 51.7 Å². The van der Waals surface area contributed by atoms with Gasteiger partial charge in [0.15, 0.2) is 5.43 Å². The first-order chi connectivity index (χ1) is 14.0. The topological polar surface area (TPSA) is 59.8 Å². The van der Waals surface area contributed by atoms with Crippen molar-refractivity contribution in [2.75, 3.05) is 13.2 Å². The van der Waals surface area contributed by atoms with Crippen molar-refractivity contribution < 1.29 is 13.9 Å². The number of carbonyl (C=O) groups is 1. The van der Waals surface area contributed by atoms with Crippen LogP contribution in [0.3, 0.4) is 0 Å². The molecule has 0 radical (unpaired) electrons. The van der Waals surface area contributed by atoms with E-state index in [9.17, 15) is 9.59 Å². The Morgan fingerprint density at radius 3 is 2.66 bits per heavy atom. The quantitative estimate of drug-likeness (QED) is 0.598. The van der Waals surface area contributed by atoms with Gasteiger partial charge in [-0.1, -0.05) is 35.3 Å². The lowest BCUT2D eigenvalue weighted by Gasteiger charge is -2.27. The summed E-state index contributed by atoms with van der Waals surface area (Å²) in [5, 5.41) is 1.33. The highest BCUT2D eigenvalue weighted by molar-refractivity contribution is 6.31. The molecule has 0 unspecified atom stereocenters. The number of ether oxygens (including phenoxy) is 1. The average molecular weight is 430 g/mol. The second-order valence-corrected chi connectivity index (χ2v) is 8.24. The Labute approximate surface area is 176 Å². The van der Waals surface area contributed by atoms with E-state index in [-0.39, 0.29) is 23.2 Å². The van der Waals surface area contributed by atoms with Gasteiger partial charge in [-0.3, -0.25) is 9.59 Å². The normalized spacial score (nSPS) is 21.2. The Morgan fingerprint density at radius 2 is 1.90 bits per heavy atom. The van der Waals surface area contributed by atoms with Gasteiger partial charge in [0.1, 0.15) is 5.58 Å². The monoisotopic (exact) mass is 429 g/mol. The Bertz CT molecular complexity index is 1180. The lowest BCUT2D eigenvalue weighted by atomic mass is 9.98. The molecule has 0 bridgehead atoms. The highest BCUT2D eigenvalue weighted by Gasteiger charge is 2.43. The first kappa shape index (κ1) is 18.7. The van der Waals surface area contributed by atoms with Crippen LogP contribution in [0.4, 0.5) is 0 Å². The summed E-state index contributed by atoms with van der Waals surface area (Å²) < 4.78 is 11.7. The van der Waals surface area contributed by atoms with Crippen molar-refractivity contribution in [2.45, 2.75) is 25.0 Å². The lowest BCUT2D eigenvalue weighted by molar-refractivity contribution is 0.0486. The minimum atomic E-state index is -0.583. The fraction of sp³-hybridized carbons (Fsp3) is 0.273. The van der Waals surface area contributed by atoms with Crippen molar-refractivity contribution >= 4 is 40.1 Å². The molecule has 0 N–H and O–H groups in total. The van der Waals surface area contributed by atoms with Crippen LogP contribution in [-0.2, 0) is 4.74 Å². The Balaban J connectivity index is 1.72. The first-order valence-corrected chi connectivity index (χ1v) is 10.2. The number of fused-ring (bicyclic) bond motifs is 2. The zero-order chi connectivity index (χ0) is 20.1. The predicted octanol–water partition coefficient (Wildman–Crippen LogP) is 4.82. The molecule has 5 nitrogen and oxygen atoms in total. The zero-order valence-electron chi connectivity index (χ0n) is 15.4. The third-order valence-corrected chi connectivity index (χ3v) is 5.99. The molecule has 29 heavy (non-hydrogen) atoms. The van der Waals surface area contributed by atoms with Gasteiger partial charge >= 0.3 is 0 Å². The van der Waals surface area contributed by atoms with Crippen LogP contribution < -0.4 is 5.43 Å². The number of nitrogens with zero attached hydrogens (tertiary/aromatic N) is 1. The standard InChI is InChI=1S/C22H17Cl2NO4/c23-13-4-1-3-12(9-13)19-18-20(26)16-10-14(24)6-7-17(16)29-21(18)22(27)25(19)11-15-5-2-8-28-15/h1,3-4,6-7,9-10,15,19H,2,5,8,11H2/t15-,19+/m1/s1. The first-order valence-electron chi connectivity index (χ1n) is 9.47. The van der Waals surface area contributed by atoms with Crippen molar-refractivity contribution in [1.82, 2.24) is 4.90 Å². The number of rotatable bonds is 3. The molecule has 1 saturated heterocycles. The van der Waals surface area contributed by atoms with E-state index in [1.165, 1.54) is 0 Å². The number of amides is 1. The van der Waals surface area contributed by atoms with Gasteiger partial charge in [0.2, 0.25) is 5.76 Å². The molecule has 148 valence electrons. The summed E-state index contributed by atoms with van der Waals surface area (Å²) in [7, 11) is 0. The van der Waals surface area contributed by atoms with E-state index in [4.69, 9.17) is 32.4 Å². The van der Waals surface area contributed by atoms with Crippen LogP contribution in [-0.4, -0.2) is 30.1 Å². The van der Waals surface area contributed by atoms with Crippen molar-refractivity contribution in [1.29, 1.82) is 0 Å². The summed E-state index contributed by atoms with van der Waals surface area (Å²) in [4.78, 5) is 28.4. The fourth-order valence-corrected chi connectivity index (χ4v) is 4.58. The lowest BCUT2D eigenvalue weighted by Crippen LogP contribution is -2.36. The van der Waals surface area contributed by atoms with Gasteiger partial charge in [-0.2, -0.15) is 0 Å². The van der Waals surface area contributed by atoms with Gasteiger partial charge in [0.05, 0.1) is 23.1 Å². The molecule has 1 amide bonds. The molecule has 1 aromatic heterocycles. The Hall–Kier alpha value is -2.34. The van der Waals surface area contributed by atoms with E-state index in [1.807, 2.05) is 12.1 Å². The predicted molar refractivity (Wildman–Crippen MR) is 111 cm³/mol. The van der Waals surface area contributed by atoms with Gasteiger partial charge in [0, 0.05) is 23.2 Å². The van der Waals surface area contributed by atoms with Crippen molar-refractivity contribution in [3.63, 3.8) is 0 Å². The molecule has 3 aromatic rings. The molecule has 2 aliphatic rings. The van der Waals surface area contributed by atoms with Crippen molar-refractivity contribution in [3.8, 4) is 0 Å². The second kappa shape index (κ2) is 7.17. The molecule has 2 atom stereocenters. The van der Waals surface area contributed by atoms with Crippen LogP contribution >= 0.6 is 23.2 Å². The average Bonchev–Trinajstić information content (AvgIpc) is 3.31. The van der Waals surface area contributed by atoms with Gasteiger partial charge < -0.3 is 14.1 Å². The van der Waals surface area contributed by atoms with Gasteiger partial charge in [0.25, 0.3) is 5.91 Å². The SMILES string of the molecule is O=C1c2oc3ccc(Cl)cc3c(=O)c2[C@H](c2cccc(Cl)c2)N1C[C@H]1CCCO1. The summed E-state index contributed by atoms with van der Waals surface area (Å²) in [6.07, 6.45) is 1.77. The smallest absolute Gasteiger partial charge is 0.291 e. The Morgan fingerprint density at radius 1 is 1.07 bits per heavy atom. The molecule has 1 fully saturated rings. The van der Waals surface area contributed by atoms with Gasteiger partial charge in [-0.05, 0) is 48.7 Å². The van der Waals surface area contributed by atoms with E-state index in [2.05, 4.69) is 0 Å². The zero-order valence-corrected chi connectivity index (χ0v) is 16.9. The maximum atomic E-state index is 13.4. The van der Waals surface area contributed by atoms with Crippen LogP contribution in [0.1, 0.15) is 40.6 Å². The fourth-order valence-electron chi connectivity index (χ4n) is 4.21. The molecule has 3 heterocycles. The van der Waals surface area contributed by atoms with Gasteiger partial charge in [-0.15, -0.1) is 0 Å². The Kier molecular flexibility index (Phi) is 4.62. The van der Waals surface area contributed by atoms with Crippen molar-refractivity contribution in [3.05, 3.63) is 79.6 Å². The molecule has 2 aliphatic heterocycles. The molecule has 0 saturated carbocycles. The van der Waals surface area contributed by atoms with Crippen LogP contribution in [0.2, 0.25) is 10.0 Å². The third-order valence-electron chi connectivity index (χ3n) is 5.52. The highest BCUT2D eigenvalue weighted by atomic mass is 35.5. The van der Waals surface area contributed by atoms with Crippen molar-refractivity contribution in [2.24, 2.45) is 0 Å². The van der Waals surface area contributed by atoms with E-state index in [0.29, 0.717) is 39.7 Å². The number of hydrogen-bond donors (Lipinski definition) is 0. The minimum absolute atomic E-state index is 0.0612. The molecular weight excluding hydrogens is 413 g/mol. The number of carbonyl (C=O) groups excluding carboxylic acids is 1. The summed E-state index contributed by atoms with van der Waals surface area (Å²) in [5.74, 6) is -0.234. The summed E-state index contributed by atoms with van der Waals surface area (Å²) in [5.41, 5.74) is 1.17. The van der Waals surface area contributed by atoms with Crippen LogP contribution in [0.25, 0.3) is 11.0 Å². The molecular formula is C22H17Cl2NO4. The highest BCUT2D eigenvalue weighted by Crippen LogP contribution is 2.39. The van der Waals surface area contributed by atoms with E-state index >= 15 is 0 Å². The third kappa shape index (κ3) is 3.14. The van der Waals surface area contributed by atoms with E-state index in [0.717, 1.165) is 18.4 Å². The van der Waals surface area contributed by atoms with Crippen LogP contribution in [0, 0.1) is 0 Å². The molecule has 7 heteroatoms.